The number of carbonyl (C=O) groups is 2. The predicted molar refractivity (Wildman–Crippen MR) is 197 cm³/mol. The summed E-state index contributed by atoms with van der Waals surface area (Å²) in [5, 5.41) is 10.5. The molecule has 1 amide bonds. The minimum absolute atomic E-state index is 0.295. The van der Waals surface area contributed by atoms with Crippen LogP contribution in [0.4, 0.5) is 0 Å². The molecule has 6 aromatic carbocycles. The van der Waals surface area contributed by atoms with Crippen LogP contribution < -0.4 is 28.4 Å². The number of amides is 1. The molecule has 2 aliphatic rings. The molecule has 0 fully saturated rings. The van der Waals surface area contributed by atoms with Crippen molar-refractivity contribution in [1.82, 2.24) is 5.01 Å². The third-order valence-electron chi connectivity index (χ3n) is 10.1. The number of rotatable bonds is 8. The SMILES string of the molecule is COc1cc2c(cc1OC)C1(c3cc(OC)c(OC)cc3C2=O)c2cc(OC)c(OC)cc2C(=O)N1/N=C/c1c2ccccc2cc2ccccc12. The molecule has 52 heavy (non-hydrogen) atoms. The van der Waals surface area contributed by atoms with Crippen LogP contribution in [0.3, 0.4) is 0 Å². The number of methoxy groups -OCH3 is 6. The van der Waals surface area contributed by atoms with Gasteiger partial charge in [0.2, 0.25) is 0 Å². The van der Waals surface area contributed by atoms with E-state index in [9.17, 15) is 4.79 Å². The standard InChI is InChI=1S/C42H34N2O8/c1-47-34-16-27-31(19-37(34)50-4)42(32-20-38(51-5)35(48-2)17-28(32)40(27)45)33-21-39(52-6)36(49-3)18-29(33)41(46)44(42)43-22-30-25-13-9-7-11-23(25)15-24-12-8-10-14-26(24)30/h7-22H,1-6H3/b43-22+. The van der Waals surface area contributed by atoms with Crippen molar-refractivity contribution in [2.75, 3.05) is 42.7 Å². The summed E-state index contributed by atoms with van der Waals surface area (Å²) in [6.07, 6.45) is 1.72. The van der Waals surface area contributed by atoms with Crippen molar-refractivity contribution >= 4 is 39.4 Å². The van der Waals surface area contributed by atoms with Crippen LogP contribution in [-0.2, 0) is 5.54 Å². The second kappa shape index (κ2) is 12.3. The Morgan fingerprint density at radius 2 is 0.904 bits per heavy atom. The Bertz CT molecular complexity index is 2390. The lowest BCUT2D eigenvalue weighted by Crippen LogP contribution is -2.47. The van der Waals surface area contributed by atoms with Crippen LogP contribution in [0.1, 0.15) is 48.5 Å². The van der Waals surface area contributed by atoms with Gasteiger partial charge in [-0.15, -0.1) is 0 Å². The Kier molecular flexibility index (Phi) is 7.75. The summed E-state index contributed by atoms with van der Waals surface area (Å²) in [6, 6.07) is 28.4. The minimum Gasteiger partial charge on any atom is -0.493 e. The molecular weight excluding hydrogens is 660 g/mol. The third kappa shape index (κ3) is 4.46. The van der Waals surface area contributed by atoms with Crippen molar-refractivity contribution in [3.8, 4) is 34.5 Å². The maximum atomic E-state index is 15.1. The summed E-state index contributed by atoms with van der Waals surface area (Å²) >= 11 is 0. The molecule has 1 aliphatic heterocycles. The Hall–Kier alpha value is -6.55. The Labute approximate surface area is 299 Å². The van der Waals surface area contributed by atoms with Crippen LogP contribution in [0.5, 0.6) is 34.5 Å². The van der Waals surface area contributed by atoms with Gasteiger partial charge in [0.1, 0.15) is 5.54 Å². The van der Waals surface area contributed by atoms with Gasteiger partial charge in [-0.3, -0.25) is 9.59 Å². The molecule has 0 saturated carbocycles. The average Bonchev–Trinajstić information content (AvgIpc) is 3.43. The number of ketones is 1. The van der Waals surface area contributed by atoms with Gasteiger partial charge in [0, 0.05) is 33.4 Å². The van der Waals surface area contributed by atoms with Gasteiger partial charge < -0.3 is 28.4 Å². The number of nitrogens with zero attached hydrogens (tertiary/aromatic N) is 2. The van der Waals surface area contributed by atoms with Gasteiger partial charge >= 0.3 is 0 Å². The normalized spacial score (nSPS) is 14.1. The molecule has 0 unspecified atom stereocenters. The van der Waals surface area contributed by atoms with Crippen molar-refractivity contribution in [1.29, 1.82) is 0 Å². The molecular formula is C42H34N2O8. The highest BCUT2D eigenvalue weighted by molar-refractivity contribution is 6.17. The number of hydrogen-bond acceptors (Lipinski definition) is 9. The fourth-order valence-corrected chi connectivity index (χ4v) is 7.72. The van der Waals surface area contributed by atoms with E-state index in [-0.39, 0.29) is 5.78 Å². The van der Waals surface area contributed by atoms with Gasteiger partial charge in [-0.2, -0.15) is 5.10 Å². The van der Waals surface area contributed by atoms with E-state index in [1.165, 1.54) is 47.7 Å². The molecule has 260 valence electrons. The monoisotopic (exact) mass is 694 g/mol. The second-order valence-electron chi connectivity index (χ2n) is 12.4. The molecule has 1 heterocycles. The lowest BCUT2D eigenvalue weighted by atomic mass is 9.68. The van der Waals surface area contributed by atoms with Crippen molar-refractivity contribution < 1.29 is 38.0 Å². The van der Waals surface area contributed by atoms with E-state index in [1.807, 2.05) is 36.4 Å². The summed E-state index contributed by atoms with van der Waals surface area (Å²) < 4.78 is 34.4. The van der Waals surface area contributed by atoms with Crippen molar-refractivity contribution in [3.63, 3.8) is 0 Å². The molecule has 6 aromatic rings. The molecule has 0 atom stereocenters. The zero-order chi connectivity index (χ0) is 36.3. The van der Waals surface area contributed by atoms with Crippen LogP contribution in [0, 0.1) is 0 Å². The van der Waals surface area contributed by atoms with E-state index in [0.717, 1.165) is 27.1 Å². The van der Waals surface area contributed by atoms with Crippen LogP contribution >= 0.6 is 0 Å². The Morgan fingerprint density at radius 3 is 1.35 bits per heavy atom. The minimum atomic E-state index is -1.54. The van der Waals surface area contributed by atoms with Crippen LogP contribution in [-0.4, -0.2) is 65.6 Å². The van der Waals surface area contributed by atoms with E-state index in [0.29, 0.717) is 67.9 Å². The molecule has 0 saturated heterocycles. The van der Waals surface area contributed by atoms with Gasteiger partial charge in [0.15, 0.2) is 40.3 Å². The summed E-state index contributed by atoms with van der Waals surface area (Å²) in [5.74, 6) is 1.45. The first-order valence-corrected chi connectivity index (χ1v) is 16.5. The number of hydrogen-bond donors (Lipinski definition) is 0. The summed E-state index contributed by atoms with van der Waals surface area (Å²) in [4.78, 5) is 29.7. The molecule has 0 radical (unpaired) electrons. The van der Waals surface area contributed by atoms with E-state index >= 15 is 4.79 Å². The van der Waals surface area contributed by atoms with E-state index in [1.54, 1.807) is 42.6 Å². The van der Waals surface area contributed by atoms with Gasteiger partial charge in [-0.25, -0.2) is 5.01 Å². The van der Waals surface area contributed by atoms with E-state index in [2.05, 4.69) is 18.2 Å². The zero-order valence-corrected chi connectivity index (χ0v) is 29.4. The third-order valence-corrected chi connectivity index (χ3v) is 10.1. The molecule has 0 aromatic heterocycles. The number of ether oxygens (including phenoxy) is 6. The maximum Gasteiger partial charge on any atom is 0.276 e. The second-order valence-corrected chi connectivity index (χ2v) is 12.4. The zero-order valence-electron chi connectivity index (χ0n) is 29.4. The average molecular weight is 695 g/mol. The molecule has 0 N–H and O–H groups in total. The number of fused-ring (bicyclic) bond motifs is 8. The molecule has 8 rings (SSSR count). The summed E-state index contributed by atoms with van der Waals surface area (Å²) in [7, 11) is 9.10. The highest BCUT2D eigenvalue weighted by Crippen LogP contribution is 2.58. The smallest absolute Gasteiger partial charge is 0.276 e. The molecule has 10 nitrogen and oxygen atoms in total. The quantitative estimate of drug-likeness (QED) is 0.120. The largest absolute Gasteiger partial charge is 0.493 e. The highest BCUT2D eigenvalue weighted by Gasteiger charge is 2.58. The topological polar surface area (TPSA) is 105 Å². The molecule has 0 bridgehead atoms. The highest BCUT2D eigenvalue weighted by atomic mass is 16.5. The number of hydrazone groups is 1. The Balaban J connectivity index is 1.53. The van der Waals surface area contributed by atoms with Gasteiger partial charge in [-0.05, 0) is 64.0 Å². The first-order valence-electron chi connectivity index (χ1n) is 16.5. The fourth-order valence-electron chi connectivity index (χ4n) is 7.72. The Morgan fingerprint density at radius 1 is 0.519 bits per heavy atom. The van der Waals surface area contributed by atoms with Crippen LogP contribution in [0.15, 0.2) is 96.1 Å². The number of carbonyl (C=O) groups excluding carboxylic acids is 2. The fraction of sp³-hybridized carbons (Fsp3) is 0.167. The van der Waals surface area contributed by atoms with E-state index in [4.69, 9.17) is 33.5 Å². The van der Waals surface area contributed by atoms with Crippen molar-refractivity contribution in [3.05, 3.63) is 130 Å². The van der Waals surface area contributed by atoms with Crippen LogP contribution in [0.25, 0.3) is 21.5 Å². The van der Waals surface area contributed by atoms with Crippen molar-refractivity contribution in [2.24, 2.45) is 5.10 Å². The lowest BCUT2D eigenvalue weighted by molar-refractivity contribution is 0.0675. The summed E-state index contributed by atoms with van der Waals surface area (Å²) in [5.41, 5.74) is 1.61. The molecule has 1 spiro atoms. The van der Waals surface area contributed by atoms with E-state index < -0.39 is 11.4 Å². The molecule has 1 aliphatic carbocycles. The first kappa shape index (κ1) is 32.6. The summed E-state index contributed by atoms with van der Waals surface area (Å²) in [6.45, 7) is 0. The first-order chi connectivity index (χ1) is 25.3. The maximum absolute atomic E-state index is 15.1. The predicted octanol–water partition coefficient (Wildman–Crippen LogP) is 7.37. The molecule has 10 heteroatoms. The lowest BCUT2D eigenvalue weighted by Gasteiger charge is -2.42. The van der Waals surface area contributed by atoms with Crippen LogP contribution in [0.2, 0.25) is 0 Å². The van der Waals surface area contributed by atoms with Crippen molar-refractivity contribution in [2.45, 2.75) is 5.54 Å². The van der Waals surface area contributed by atoms with Gasteiger partial charge in [0.25, 0.3) is 5.91 Å². The number of benzene rings is 6. The van der Waals surface area contributed by atoms with Gasteiger partial charge in [-0.1, -0.05) is 48.5 Å². The van der Waals surface area contributed by atoms with Gasteiger partial charge in [0.05, 0.1) is 54.4 Å².